The van der Waals surface area contributed by atoms with Crippen LogP contribution in [0.1, 0.15) is 51.7 Å². The lowest BCUT2D eigenvalue weighted by Crippen LogP contribution is -2.35. The standard InChI is InChI=1S/C24H30Si/c1-17-10-11-18(2)22(14-17)25-24(15-19(3)20(4)21(24)5)16-23(6)12-8-7-9-13-23/h7-12,14-15H,13,16H2,1-6H3. The van der Waals surface area contributed by atoms with Crippen LogP contribution in [0, 0.1) is 19.3 Å². The third-order valence-electron chi connectivity index (χ3n) is 6.05. The molecule has 0 nitrogen and oxygen atoms in total. The Balaban J connectivity index is 2.04. The minimum atomic E-state index is 0.164. The molecule has 0 amide bonds. The van der Waals surface area contributed by atoms with Crippen molar-refractivity contribution in [1.29, 1.82) is 0 Å². The molecule has 2 atom stereocenters. The third kappa shape index (κ3) is 3.53. The molecular weight excluding hydrogens is 316 g/mol. The van der Waals surface area contributed by atoms with Crippen molar-refractivity contribution < 1.29 is 0 Å². The fraction of sp³-hybridized carbons (Fsp3) is 0.417. The van der Waals surface area contributed by atoms with Crippen LogP contribution in [0.2, 0.25) is 5.04 Å². The van der Waals surface area contributed by atoms with Crippen LogP contribution in [0.3, 0.4) is 0 Å². The maximum atomic E-state index is 2.58. The summed E-state index contributed by atoms with van der Waals surface area (Å²) in [5, 5.41) is 1.69. The summed E-state index contributed by atoms with van der Waals surface area (Å²) in [6.45, 7) is 13.8. The molecule has 2 unspecified atom stereocenters. The van der Waals surface area contributed by atoms with Crippen molar-refractivity contribution in [2.75, 3.05) is 0 Å². The molecule has 2 aliphatic carbocycles. The normalized spacial score (nSPS) is 28.6. The smallest absolute Gasteiger partial charge is 0.0837 e. The molecule has 130 valence electrons. The highest BCUT2D eigenvalue weighted by Crippen LogP contribution is 2.54. The Morgan fingerprint density at radius 3 is 2.40 bits per heavy atom. The highest BCUT2D eigenvalue weighted by molar-refractivity contribution is 6.59. The Kier molecular flexibility index (Phi) is 4.81. The first-order valence-electron chi connectivity index (χ1n) is 9.32. The SMILES string of the molecule is CC1=CC(CC2(C)C=CC=CC2)([Si]c2cc(C)ccc2C)C(C)=C1C. The summed E-state index contributed by atoms with van der Waals surface area (Å²) in [7, 11) is 0.789. The van der Waals surface area contributed by atoms with Crippen molar-refractivity contribution in [2.45, 2.75) is 59.4 Å². The quantitative estimate of drug-likeness (QED) is 0.586. The summed E-state index contributed by atoms with van der Waals surface area (Å²) in [5.41, 5.74) is 7.57. The Bertz CT molecular complexity index is 805. The van der Waals surface area contributed by atoms with Crippen molar-refractivity contribution in [2.24, 2.45) is 5.41 Å². The van der Waals surface area contributed by atoms with Crippen LogP contribution in [0.5, 0.6) is 0 Å². The molecule has 0 fully saturated rings. The van der Waals surface area contributed by atoms with E-state index in [2.05, 4.69) is 90.1 Å². The van der Waals surface area contributed by atoms with Gasteiger partial charge in [0.15, 0.2) is 0 Å². The zero-order chi connectivity index (χ0) is 18.2. The Labute approximate surface area is 156 Å². The molecular formula is C24H30Si. The van der Waals surface area contributed by atoms with Crippen molar-refractivity contribution in [3.8, 4) is 0 Å². The Morgan fingerprint density at radius 2 is 1.80 bits per heavy atom. The molecule has 2 radical (unpaired) electrons. The van der Waals surface area contributed by atoms with Gasteiger partial charge in [0.05, 0.1) is 9.52 Å². The molecule has 0 spiro atoms. The number of rotatable bonds is 4. The second-order valence-electron chi connectivity index (χ2n) is 8.31. The summed E-state index contributed by atoms with van der Waals surface area (Å²) >= 11 is 0. The van der Waals surface area contributed by atoms with E-state index >= 15 is 0 Å². The first kappa shape index (κ1) is 18.2. The summed E-state index contributed by atoms with van der Waals surface area (Å²) in [4.78, 5) is 0. The van der Waals surface area contributed by atoms with Crippen LogP contribution in [0.25, 0.3) is 0 Å². The van der Waals surface area contributed by atoms with Gasteiger partial charge in [-0.15, -0.1) is 0 Å². The molecule has 3 rings (SSSR count). The zero-order valence-corrected chi connectivity index (χ0v) is 17.5. The van der Waals surface area contributed by atoms with Crippen LogP contribution in [0.15, 0.2) is 65.3 Å². The van der Waals surface area contributed by atoms with E-state index in [9.17, 15) is 0 Å². The van der Waals surface area contributed by atoms with Crippen molar-refractivity contribution in [1.82, 2.24) is 0 Å². The second-order valence-corrected chi connectivity index (χ2v) is 10.00. The molecule has 0 bridgehead atoms. The Hall–Kier alpha value is -1.60. The minimum absolute atomic E-state index is 0.164. The van der Waals surface area contributed by atoms with Gasteiger partial charge in [0.2, 0.25) is 0 Å². The highest BCUT2D eigenvalue weighted by Gasteiger charge is 2.41. The van der Waals surface area contributed by atoms with Crippen LogP contribution in [-0.4, -0.2) is 9.52 Å². The maximum Gasteiger partial charge on any atom is 0.0983 e. The molecule has 25 heavy (non-hydrogen) atoms. The first-order valence-corrected chi connectivity index (χ1v) is 10.3. The van der Waals surface area contributed by atoms with Crippen molar-refractivity contribution in [3.63, 3.8) is 0 Å². The molecule has 1 heteroatoms. The van der Waals surface area contributed by atoms with Gasteiger partial charge in [0, 0.05) is 5.04 Å². The van der Waals surface area contributed by atoms with E-state index in [0.717, 1.165) is 15.9 Å². The summed E-state index contributed by atoms with van der Waals surface area (Å²) in [6.07, 6.45) is 14.1. The van der Waals surface area contributed by atoms with E-state index in [-0.39, 0.29) is 10.5 Å². The maximum absolute atomic E-state index is 2.58. The lowest BCUT2D eigenvalue weighted by Gasteiger charge is -2.39. The number of allylic oxidation sites excluding steroid dienone is 8. The summed E-state index contributed by atoms with van der Waals surface area (Å²) in [5.74, 6) is 0. The predicted molar refractivity (Wildman–Crippen MR) is 112 cm³/mol. The van der Waals surface area contributed by atoms with E-state index < -0.39 is 0 Å². The van der Waals surface area contributed by atoms with Gasteiger partial charge in [0.1, 0.15) is 0 Å². The van der Waals surface area contributed by atoms with Crippen molar-refractivity contribution >= 4 is 14.7 Å². The van der Waals surface area contributed by atoms with Gasteiger partial charge >= 0.3 is 0 Å². The van der Waals surface area contributed by atoms with Gasteiger partial charge in [-0.2, -0.15) is 0 Å². The summed E-state index contributed by atoms with van der Waals surface area (Å²) in [6, 6.07) is 6.92. The molecule has 0 aromatic heterocycles. The molecule has 0 aliphatic heterocycles. The Morgan fingerprint density at radius 1 is 1.04 bits per heavy atom. The lowest BCUT2D eigenvalue weighted by molar-refractivity contribution is 0.367. The van der Waals surface area contributed by atoms with Gasteiger partial charge in [-0.05, 0) is 58.4 Å². The monoisotopic (exact) mass is 346 g/mol. The van der Waals surface area contributed by atoms with E-state index in [1.54, 1.807) is 5.57 Å². The van der Waals surface area contributed by atoms with Gasteiger partial charge in [-0.1, -0.05) is 83.0 Å². The van der Waals surface area contributed by atoms with Gasteiger partial charge in [0.25, 0.3) is 0 Å². The van der Waals surface area contributed by atoms with E-state index in [4.69, 9.17) is 0 Å². The van der Waals surface area contributed by atoms with Crippen LogP contribution >= 0.6 is 0 Å². The van der Waals surface area contributed by atoms with Crippen molar-refractivity contribution in [3.05, 3.63) is 76.4 Å². The highest BCUT2D eigenvalue weighted by atomic mass is 28.2. The van der Waals surface area contributed by atoms with Crippen LogP contribution in [0.4, 0.5) is 0 Å². The molecule has 0 saturated carbocycles. The number of hydrogen-bond donors (Lipinski definition) is 0. The van der Waals surface area contributed by atoms with Gasteiger partial charge in [-0.25, -0.2) is 0 Å². The van der Waals surface area contributed by atoms with E-state index in [0.29, 0.717) is 0 Å². The number of hydrogen-bond acceptors (Lipinski definition) is 0. The van der Waals surface area contributed by atoms with Crippen LogP contribution in [-0.2, 0) is 0 Å². The number of benzene rings is 1. The number of aryl methyl sites for hydroxylation is 2. The fourth-order valence-corrected chi connectivity index (χ4v) is 6.44. The second kappa shape index (κ2) is 6.61. The van der Waals surface area contributed by atoms with E-state index in [1.807, 2.05) is 0 Å². The van der Waals surface area contributed by atoms with Gasteiger partial charge in [-0.3, -0.25) is 0 Å². The van der Waals surface area contributed by atoms with Gasteiger partial charge < -0.3 is 0 Å². The molecule has 2 aliphatic rings. The summed E-state index contributed by atoms with van der Waals surface area (Å²) < 4.78 is 0. The topological polar surface area (TPSA) is 0 Å². The molecule has 1 aromatic rings. The lowest BCUT2D eigenvalue weighted by atomic mass is 9.74. The fourth-order valence-electron chi connectivity index (χ4n) is 4.22. The molecule has 0 N–H and O–H groups in total. The minimum Gasteiger partial charge on any atom is -0.0837 e. The third-order valence-corrected chi connectivity index (χ3v) is 8.00. The molecule has 0 heterocycles. The average molecular weight is 347 g/mol. The van der Waals surface area contributed by atoms with E-state index in [1.165, 1.54) is 33.9 Å². The van der Waals surface area contributed by atoms with Crippen LogP contribution < -0.4 is 5.19 Å². The predicted octanol–water partition coefficient (Wildman–Crippen LogP) is 6.00. The average Bonchev–Trinajstić information content (AvgIpc) is 2.75. The molecule has 0 saturated heterocycles. The first-order chi connectivity index (χ1) is 11.7. The largest absolute Gasteiger partial charge is 0.0983 e. The molecule has 1 aromatic carbocycles. The zero-order valence-electron chi connectivity index (χ0n) is 16.5.